The topological polar surface area (TPSA) is 26.3 Å². The van der Waals surface area contributed by atoms with Crippen LogP contribution in [-0.2, 0) is 4.74 Å². The summed E-state index contributed by atoms with van der Waals surface area (Å²) in [7, 11) is 0. The molecule has 1 atom stereocenters. The summed E-state index contributed by atoms with van der Waals surface area (Å²) >= 11 is 1.16. The van der Waals surface area contributed by atoms with Crippen LogP contribution in [0.3, 0.4) is 0 Å². The van der Waals surface area contributed by atoms with Crippen LogP contribution in [0.15, 0.2) is 0 Å². The van der Waals surface area contributed by atoms with Gasteiger partial charge in [-0.2, -0.15) is 0 Å². The van der Waals surface area contributed by atoms with E-state index in [1.165, 1.54) is 44.9 Å². The second-order valence-corrected chi connectivity index (χ2v) is 5.25. The summed E-state index contributed by atoms with van der Waals surface area (Å²) in [6.07, 6.45) is 13.0. The number of ether oxygens (including phenoxy) is 1. The Morgan fingerprint density at radius 2 is 1.65 bits per heavy atom. The molecule has 0 aromatic heterocycles. The summed E-state index contributed by atoms with van der Waals surface area (Å²) in [5, 5.41) is -0.139. The van der Waals surface area contributed by atoms with Crippen LogP contribution in [0.5, 0.6) is 0 Å². The van der Waals surface area contributed by atoms with Gasteiger partial charge in [-0.05, 0) is 37.3 Å². The predicted octanol–water partition coefficient (Wildman–Crippen LogP) is 5.41. The number of hydrogen-bond acceptors (Lipinski definition) is 3. The van der Waals surface area contributed by atoms with Gasteiger partial charge < -0.3 is 4.74 Å². The lowest BCUT2D eigenvalue weighted by Crippen LogP contribution is -2.14. The van der Waals surface area contributed by atoms with Gasteiger partial charge in [0.2, 0.25) is 0 Å². The SMILES string of the molecule is CCCCCCCCCC(CC)OC(=O)SC. The first kappa shape index (κ1) is 16.8. The second-order valence-electron chi connectivity index (χ2n) is 4.51. The highest BCUT2D eigenvalue weighted by Crippen LogP contribution is 2.15. The van der Waals surface area contributed by atoms with E-state index in [0.29, 0.717) is 0 Å². The highest BCUT2D eigenvalue weighted by molar-refractivity contribution is 8.12. The minimum atomic E-state index is -0.139. The average Bonchev–Trinajstić information content (AvgIpc) is 2.35. The van der Waals surface area contributed by atoms with E-state index >= 15 is 0 Å². The zero-order valence-corrected chi connectivity index (χ0v) is 12.5. The van der Waals surface area contributed by atoms with Crippen LogP contribution in [0, 0.1) is 0 Å². The molecule has 0 aromatic rings. The Morgan fingerprint density at radius 1 is 1.06 bits per heavy atom. The zero-order chi connectivity index (χ0) is 12.9. The molecule has 0 saturated heterocycles. The van der Waals surface area contributed by atoms with Crippen molar-refractivity contribution in [2.45, 2.75) is 77.7 Å². The summed E-state index contributed by atoms with van der Waals surface area (Å²) in [4.78, 5) is 11.1. The molecule has 0 heterocycles. The zero-order valence-electron chi connectivity index (χ0n) is 11.7. The van der Waals surface area contributed by atoms with E-state index in [-0.39, 0.29) is 11.4 Å². The van der Waals surface area contributed by atoms with Crippen LogP contribution in [0.1, 0.15) is 71.6 Å². The Hall–Kier alpha value is -0.180. The van der Waals surface area contributed by atoms with Gasteiger partial charge in [-0.3, -0.25) is 0 Å². The summed E-state index contributed by atoms with van der Waals surface area (Å²) in [5.74, 6) is 0. The fraction of sp³-hybridized carbons (Fsp3) is 0.929. The monoisotopic (exact) mass is 260 g/mol. The van der Waals surface area contributed by atoms with Gasteiger partial charge in [-0.15, -0.1) is 0 Å². The molecule has 0 spiro atoms. The van der Waals surface area contributed by atoms with Gasteiger partial charge in [0, 0.05) is 0 Å². The molecule has 1 unspecified atom stereocenters. The predicted molar refractivity (Wildman–Crippen MR) is 76.7 cm³/mol. The van der Waals surface area contributed by atoms with Gasteiger partial charge in [0.15, 0.2) is 0 Å². The molecule has 0 fully saturated rings. The van der Waals surface area contributed by atoms with Crippen LogP contribution in [0.2, 0.25) is 0 Å². The minimum Gasteiger partial charge on any atom is -0.454 e. The number of carbonyl (C=O) groups excluding carboxylic acids is 1. The molecular formula is C14H28O2S. The highest BCUT2D eigenvalue weighted by atomic mass is 32.2. The number of unbranched alkanes of at least 4 members (excludes halogenated alkanes) is 6. The summed E-state index contributed by atoms with van der Waals surface area (Å²) in [6, 6.07) is 0. The third-order valence-corrected chi connectivity index (χ3v) is 3.44. The average molecular weight is 260 g/mol. The highest BCUT2D eigenvalue weighted by Gasteiger charge is 2.10. The Balaban J connectivity index is 3.40. The number of rotatable bonds is 10. The fourth-order valence-electron chi connectivity index (χ4n) is 1.86. The van der Waals surface area contributed by atoms with Gasteiger partial charge in [0.25, 0.3) is 0 Å². The van der Waals surface area contributed by atoms with Gasteiger partial charge in [-0.1, -0.05) is 52.4 Å². The van der Waals surface area contributed by atoms with Crippen LogP contribution in [0.25, 0.3) is 0 Å². The van der Waals surface area contributed by atoms with Gasteiger partial charge in [0.1, 0.15) is 6.10 Å². The maximum absolute atomic E-state index is 11.1. The summed E-state index contributed by atoms with van der Waals surface area (Å²) in [5.41, 5.74) is 0. The smallest absolute Gasteiger partial charge is 0.367 e. The molecule has 0 N–H and O–H groups in total. The van der Waals surface area contributed by atoms with Crippen molar-refractivity contribution in [3.8, 4) is 0 Å². The van der Waals surface area contributed by atoms with E-state index < -0.39 is 0 Å². The van der Waals surface area contributed by atoms with E-state index in [0.717, 1.165) is 24.6 Å². The van der Waals surface area contributed by atoms with E-state index in [9.17, 15) is 4.79 Å². The van der Waals surface area contributed by atoms with Crippen molar-refractivity contribution in [1.29, 1.82) is 0 Å². The van der Waals surface area contributed by atoms with Crippen molar-refractivity contribution >= 4 is 17.1 Å². The minimum absolute atomic E-state index is 0.130. The number of carbonyl (C=O) groups is 1. The molecular weight excluding hydrogens is 232 g/mol. The van der Waals surface area contributed by atoms with Crippen molar-refractivity contribution < 1.29 is 9.53 Å². The Bertz CT molecular complexity index is 183. The van der Waals surface area contributed by atoms with E-state index in [4.69, 9.17) is 4.74 Å². The third-order valence-electron chi connectivity index (χ3n) is 3.01. The Kier molecular flexibility index (Phi) is 12.2. The van der Waals surface area contributed by atoms with Crippen LogP contribution < -0.4 is 0 Å². The molecule has 2 nitrogen and oxygen atoms in total. The van der Waals surface area contributed by atoms with Crippen molar-refractivity contribution in [3.05, 3.63) is 0 Å². The van der Waals surface area contributed by atoms with Gasteiger partial charge in [-0.25, -0.2) is 4.79 Å². The number of thioether (sulfide) groups is 1. The lowest BCUT2D eigenvalue weighted by Gasteiger charge is -2.14. The molecule has 3 heteroatoms. The molecule has 0 radical (unpaired) electrons. The summed E-state index contributed by atoms with van der Waals surface area (Å²) in [6.45, 7) is 4.32. The first-order valence-electron chi connectivity index (χ1n) is 6.99. The van der Waals surface area contributed by atoms with Crippen LogP contribution in [0.4, 0.5) is 4.79 Å². The van der Waals surface area contributed by atoms with Crippen molar-refractivity contribution in [2.75, 3.05) is 6.26 Å². The molecule has 0 aliphatic carbocycles. The molecule has 17 heavy (non-hydrogen) atoms. The lowest BCUT2D eigenvalue weighted by molar-refractivity contribution is 0.112. The quantitative estimate of drug-likeness (QED) is 0.388. The molecule has 0 rings (SSSR count). The molecule has 0 amide bonds. The Morgan fingerprint density at radius 3 is 2.18 bits per heavy atom. The molecule has 0 aromatic carbocycles. The normalized spacial score (nSPS) is 12.4. The van der Waals surface area contributed by atoms with Crippen molar-refractivity contribution in [3.63, 3.8) is 0 Å². The van der Waals surface area contributed by atoms with Gasteiger partial charge in [0.05, 0.1) is 0 Å². The van der Waals surface area contributed by atoms with E-state index in [1.807, 2.05) is 0 Å². The lowest BCUT2D eigenvalue weighted by atomic mass is 10.1. The van der Waals surface area contributed by atoms with Gasteiger partial charge >= 0.3 is 5.30 Å². The number of hydrogen-bond donors (Lipinski definition) is 0. The second kappa shape index (κ2) is 12.3. The largest absolute Gasteiger partial charge is 0.454 e. The molecule has 0 aliphatic rings. The van der Waals surface area contributed by atoms with Crippen molar-refractivity contribution in [1.82, 2.24) is 0 Å². The first-order chi connectivity index (χ1) is 8.24. The van der Waals surface area contributed by atoms with Crippen LogP contribution in [-0.4, -0.2) is 17.7 Å². The first-order valence-corrected chi connectivity index (χ1v) is 8.21. The van der Waals surface area contributed by atoms with E-state index in [1.54, 1.807) is 6.26 Å². The maximum Gasteiger partial charge on any atom is 0.367 e. The molecule has 0 aliphatic heterocycles. The van der Waals surface area contributed by atoms with Crippen molar-refractivity contribution in [2.24, 2.45) is 0 Å². The standard InChI is InChI=1S/C14H28O2S/c1-4-6-7-8-9-10-11-12-13(5-2)16-14(15)17-3/h13H,4-12H2,1-3H3. The molecule has 0 saturated carbocycles. The fourth-order valence-corrected chi connectivity index (χ4v) is 2.09. The van der Waals surface area contributed by atoms with E-state index in [2.05, 4.69) is 13.8 Å². The third kappa shape index (κ3) is 10.7. The molecule has 102 valence electrons. The molecule has 0 bridgehead atoms. The van der Waals surface area contributed by atoms with Crippen LogP contribution >= 0.6 is 11.8 Å². The Labute approximate surface area is 111 Å². The maximum atomic E-state index is 11.1. The summed E-state index contributed by atoms with van der Waals surface area (Å²) < 4.78 is 5.32.